The Morgan fingerprint density at radius 2 is 1.96 bits per heavy atom. The number of rotatable bonds is 6. The molecule has 1 aromatic heterocycles. The van der Waals surface area contributed by atoms with Gasteiger partial charge in [0.25, 0.3) is 0 Å². The van der Waals surface area contributed by atoms with Gasteiger partial charge in [-0.25, -0.2) is 4.68 Å². The van der Waals surface area contributed by atoms with E-state index in [1.807, 2.05) is 0 Å². The van der Waals surface area contributed by atoms with Gasteiger partial charge < -0.3 is 10.4 Å². The van der Waals surface area contributed by atoms with Crippen LogP contribution in [0.4, 0.5) is 13.2 Å². The fraction of sp³-hybridized carbons (Fsp3) is 0.444. The minimum Gasteiger partial charge on any atom is -0.480 e. The number of benzene rings is 1. The van der Waals surface area contributed by atoms with E-state index in [-0.39, 0.29) is 19.0 Å². The third-order valence-electron chi connectivity index (χ3n) is 4.95. The lowest BCUT2D eigenvalue weighted by atomic mass is 9.77. The van der Waals surface area contributed by atoms with Crippen molar-refractivity contribution in [2.75, 3.05) is 0 Å². The molecule has 1 amide bonds. The average molecular weight is 396 g/mol. The number of carbonyl (C=O) groups excluding carboxylic acids is 1. The summed E-state index contributed by atoms with van der Waals surface area (Å²) in [5.41, 5.74) is -1.07. The Balaban J connectivity index is 1.77. The monoisotopic (exact) mass is 396 g/mol. The SMILES string of the molecule is O=C(O)Cn1cc(CNC(=O)C2(c3cccc(C(F)(F)F)c3)CCCC2)nn1. The van der Waals surface area contributed by atoms with E-state index in [9.17, 15) is 22.8 Å². The molecule has 10 heteroatoms. The fourth-order valence-electron chi connectivity index (χ4n) is 3.59. The predicted molar refractivity (Wildman–Crippen MR) is 91.1 cm³/mol. The highest BCUT2D eigenvalue weighted by Gasteiger charge is 2.43. The summed E-state index contributed by atoms with van der Waals surface area (Å²) < 4.78 is 40.4. The maximum Gasteiger partial charge on any atom is 0.416 e. The van der Waals surface area contributed by atoms with Gasteiger partial charge in [0.1, 0.15) is 12.2 Å². The van der Waals surface area contributed by atoms with Gasteiger partial charge >= 0.3 is 12.1 Å². The Labute approximate surface area is 158 Å². The van der Waals surface area contributed by atoms with E-state index in [4.69, 9.17) is 5.11 Å². The van der Waals surface area contributed by atoms with E-state index in [0.29, 0.717) is 24.1 Å². The molecule has 3 rings (SSSR count). The molecule has 0 atom stereocenters. The number of nitrogens with zero attached hydrogens (tertiary/aromatic N) is 3. The summed E-state index contributed by atoms with van der Waals surface area (Å²) in [6.07, 6.45) is -0.649. The normalized spacial score (nSPS) is 16.1. The molecular formula is C18H19F3N4O3. The number of hydrogen-bond acceptors (Lipinski definition) is 4. The van der Waals surface area contributed by atoms with Crippen LogP contribution in [-0.2, 0) is 34.3 Å². The second-order valence-electron chi connectivity index (χ2n) is 6.85. The highest BCUT2D eigenvalue weighted by molar-refractivity contribution is 5.88. The average Bonchev–Trinajstić information content (AvgIpc) is 3.29. The molecule has 1 fully saturated rings. The molecule has 0 aliphatic heterocycles. The van der Waals surface area contributed by atoms with Crippen LogP contribution < -0.4 is 5.32 Å². The number of amides is 1. The number of halogens is 3. The quantitative estimate of drug-likeness (QED) is 0.782. The largest absolute Gasteiger partial charge is 0.480 e. The molecule has 0 unspecified atom stereocenters. The van der Waals surface area contributed by atoms with Crippen LogP contribution in [0.1, 0.15) is 42.5 Å². The molecule has 0 saturated heterocycles. The van der Waals surface area contributed by atoms with Crippen molar-refractivity contribution in [2.24, 2.45) is 0 Å². The molecular weight excluding hydrogens is 377 g/mol. The van der Waals surface area contributed by atoms with Gasteiger partial charge in [0.2, 0.25) is 5.91 Å². The first-order valence-corrected chi connectivity index (χ1v) is 8.77. The van der Waals surface area contributed by atoms with Gasteiger partial charge in [0.05, 0.1) is 23.7 Å². The van der Waals surface area contributed by atoms with Crippen LogP contribution in [0.5, 0.6) is 0 Å². The van der Waals surface area contributed by atoms with E-state index in [1.54, 1.807) is 6.07 Å². The summed E-state index contributed by atoms with van der Waals surface area (Å²) in [5, 5.41) is 18.9. The van der Waals surface area contributed by atoms with E-state index >= 15 is 0 Å². The van der Waals surface area contributed by atoms with Crippen molar-refractivity contribution in [1.82, 2.24) is 20.3 Å². The highest BCUT2D eigenvalue weighted by Crippen LogP contribution is 2.43. The summed E-state index contributed by atoms with van der Waals surface area (Å²) in [6.45, 7) is -0.339. The molecule has 2 N–H and O–H groups in total. The van der Waals surface area contributed by atoms with Crippen LogP contribution in [-0.4, -0.2) is 32.0 Å². The van der Waals surface area contributed by atoms with Gasteiger partial charge in [-0.15, -0.1) is 5.10 Å². The smallest absolute Gasteiger partial charge is 0.416 e. The van der Waals surface area contributed by atoms with E-state index in [0.717, 1.165) is 29.7 Å². The molecule has 1 aliphatic carbocycles. The molecule has 1 saturated carbocycles. The zero-order chi connectivity index (χ0) is 20.4. The van der Waals surface area contributed by atoms with Gasteiger partial charge in [0, 0.05) is 0 Å². The lowest BCUT2D eigenvalue weighted by Crippen LogP contribution is -2.42. The fourth-order valence-corrected chi connectivity index (χ4v) is 3.59. The molecule has 1 heterocycles. The molecule has 28 heavy (non-hydrogen) atoms. The van der Waals surface area contributed by atoms with Crippen LogP contribution >= 0.6 is 0 Å². The summed E-state index contributed by atoms with van der Waals surface area (Å²) in [5.74, 6) is -1.44. The third kappa shape index (κ3) is 4.15. The maximum atomic E-state index is 13.1. The number of carbonyl (C=O) groups is 2. The van der Waals surface area contributed by atoms with Crippen LogP contribution in [0, 0.1) is 0 Å². The lowest BCUT2D eigenvalue weighted by molar-refractivity contribution is -0.138. The number of carboxylic acid groups (broad SMARTS) is 1. The molecule has 2 aromatic rings. The molecule has 7 nitrogen and oxygen atoms in total. The summed E-state index contributed by atoms with van der Waals surface area (Å²) in [4.78, 5) is 23.6. The van der Waals surface area contributed by atoms with Crippen molar-refractivity contribution in [3.63, 3.8) is 0 Å². The molecule has 1 aromatic carbocycles. The molecule has 150 valence electrons. The highest BCUT2D eigenvalue weighted by atomic mass is 19.4. The van der Waals surface area contributed by atoms with Gasteiger partial charge in [-0.2, -0.15) is 13.2 Å². The lowest BCUT2D eigenvalue weighted by Gasteiger charge is -2.29. The first-order chi connectivity index (χ1) is 13.2. The van der Waals surface area contributed by atoms with E-state index < -0.39 is 23.1 Å². The summed E-state index contributed by atoms with van der Waals surface area (Å²) >= 11 is 0. The summed E-state index contributed by atoms with van der Waals surface area (Å²) in [7, 11) is 0. The van der Waals surface area contributed by atoms with Crippen LogP contribution in [0.2, 0.25) is 0 Å². The zero-order valence-corrected chi connectivity index (χ0v) is 14.9. The second kappa shape index (κ2) is 7.61. The van der Waals surface area contributed by atoms with Gasteiger partial charge in [-0.1, -0.05) is 36.3 Å². The van der Waals surface area contributed by atoms with Crippen molar-refractivity contribution in [2.45, 2.75) is 50.4 Å². The van der Waals surface area contributed by atoms with Crippen molar-refractivity contribution < 1.29 is 27.9 Å². The van der Waals surface area contributed by atoms with E-state index in [2.05, 4.69) is 15.6 Å². The topological polar surface area (TPSA) is 97.1 Å². The molecule has 0 bridgehead atoms. The number of hydrogen-bond donors (Lipinski definition) is 2. The first kappa shape index (κ1) is 19.8. The van der Waals surface area contributed by atoms with Crippen molar-refractivity contribution >= 4 is 11.9 Å². The Bertz CT molecular complexity index is 873. The van der Waals surface area contributed by atoms with Crippen LogP contribution in [0.25, 0.3) is 0 Å². The Morgan fingerprint density at radius 1 is 1.25 bits per heavy atom. The van der Waals surface area contributed by atoms with Crippen molar-refractivity contribution in [3.8, 4) is 0 Å². The Hall–Kier alpha value is -2.91. The maximum absolute atomic E-state index is 13.1. The molecule has 1 aliphatic rings. The zero-order valence-electron chi connectivity index (χ0n) is 14.9. The number of aliphatic carboxylic acids is 1. The van der Waals surface area contributed by atoms with Gasteiger partial charge in [-0.3, -0.25) is 9.59 Å². The minimum atomic E-state index is -4.48. The number of carboxylic acids is 1. The summed E-state index contributed by atoms with van der Waals surface area (Å²) in [6, 6.07) is 4.92. The Kier molecular flexibility index (Phi) is 5.39. The molecule has 0 spiro atoms. The van der Waals surface area contributed by atoms with Gasteiger partial charge in [0.15, 0.2) is 0 Å². The van der Waals surface area contributed by atoms with Crippen LogP contribution in [0.3, 0.4) is 0 Å². The second-order valence-corrected chi connectivity index (χ2v) is 6.85. The third-order valence-corrected chi connectivity index (χ3v) is 4.95. The number of nitrogens with one attached hydrogen (secondary N) is 1. The molecule has 0 radical (unpaired) electrons. The van der Waals surface area contributed by atoms with Crippen molar-refractivity contribution in [3.05, 3.63) is 47.3 Å². The standard InChI is InChI=1S/C18H19F3N4O3/c19-18(20,21)13-5-3-4-12(8-13)17(6-1-2-7-17)16(28)22-9-14-10-25(24-23-14)11-15(26)27/h3-5,8,10H,1-2,6-7,9,11H2,(H,22,28)(H,26,27). The van der Waals surface area contributed by atoms with Crippen LogP contribution in [0.15, 0.2) is 30.5 Å². The van der Waals surface area contributed by atoms with Gasteiger partial charge in [-0.05, 0) is 24.5 Å². The van der Waals surface area contributed by atoms with Crippen molar-refractivity contribution in [1.29, 1.82) is 0 Å². The number of alkyl halides is 3. The van der Waals surface area contributed by atoms with E-state index in [1.165, 1.54) is 12.3 Å². The number of aromatic nitrogens is 3. The Morgan fingerprint density at radius 3 is 2.61 bits per heavy atom. The first-order valence-electron chi connectivity index (χ1n) is 8.77. The predicted octanol–water partition coefficient (Wildman–Crippen LogP) is 2.51. The minimum absolute atomic E-state index is 0.0131.